The second-order valence-electron chi connectivity index (χ2n) is 8.47. The van der Waals surface area contributed by atoms with E-state index in [9.17, 15) is 4.79 Å². The molecule has 1 atom stereocenters. The van der Waals surface area contributed by atoms with Gasteiger partial charge in [-0.1, -0.05) is 6.07 Å². The van der Waals surface area contributed by atoms with Crippen molar-refractivity contribution in [2.24, 2.45) is 0 Å². The van der Waals surface area contributed by atoms with Gasteiger partial charge < -0.3 is 14.6 Å². The molecule has 0 bridgehead atoms. The largest absolute Gasteiger partial charge is 0.383 e. The van der Waals surface area contributed by atoms with Gasteiger partial charge in [0.05, 0.1) is 24.8 Å². The molecule has 30 heavy (non-hydrogen) atoms. The molecule has 0 aliphatic heterocycles. The number of nitrogens with zero attached hydrogens (tertiary/aromatic N) is 4. The Morgan fingerprint density at radius 3 is 2.77 bits per heavy atom. The van der Waals surface area contributed by atoms with Crippen molar-refractivity contribution >= 4 is 10.9 Å². The van der Waals surface area contributed by atoms with Gasteiger partial charge in [0.2, 0.25) is 5.82 Å². The number of aromatic nitrogens is 5. The number of methoxy groups -OCH3 is 1. The van der Waals surface area contributed by atoms with Crippen LogP contribution in [0.25, 0.3) is 10.9 Å². The monoisotopic (exact) mass is 411 g/mol. The zero-order chi connectivity index (χ0) is 21.1. The van der Waals surface area contributed by atoms with Crippen LogP contribution in [0.4, 0.5) is 0 Å². The van der Waals surface area contributed by atoms with Crippen LogP contribution in [-0.4, -0.2) is 44.9 Å². The van der Waals surface area contributed by atoms with E-state index < -0.39 is 0 Å². The molecule has 1 aliphatic carbocycles. The van der Waals surface area contributed by atoms with Crippen molar-refractivity contribution in [2.45, 2.75) is 65.2 Å². The first-order chi connectivity index (χ1) is 14.5. The summed E-state index contributed by atoms with van der Waals surface area (Å²) in [6.07, 6.45) is 4.85. The zero-order valence-electron chi connectivity index (χ0n) is 18.1. The van der Waals surface area contributed by atoms with Crippen molar-refractivity contribution in [3.8, 4) is 0 Å². The summed E-state index contributed by atoms with van der Waals surface area (Å²) in [5, 5.41) is 13.4. The second-order valence-corrected chi connectivity index (χ2v) is 8.47. The van der Waals surface area contributed by atoms with Crippen molar-refractivity contribution in [2.75, 3.05) is 13.7 Å². The number of hydrogen-bond acceptors (Lipinski definition) is 5. The number of pyridine rings is 1. The SMILES string of the molecule is COCCn1nnnc1C[NH+](Cc1cc2c(C)cc(C)cc2[nH]c1=O)C1CCCC1. The Morgan fingerprint density at radius 1 is 1.20 bits per heavy atom. The number of aryl methyl sites for hydroxylation is 2. The van der Waals surface area contributed by atoms with E-state index in [1.807, 2.05) is 10.7 Å². The summed E-state index contributed by atoms with van der Waals surface area (Å²) < 4.78 is 6.99. The molecule has 3 aromatic rings. The van der Waals surface area contributed by atoms with Gasteiger partial charge >= 0.3 is 0 Å². The van der Waals surface area contributed by atoms with E-state index in [1.165, 1.54) is 36.1 Å². The number of rotatable bonds is 8. The molecule has 1 aromatic carbocycles. The molecule has 0 spiro atoms. The predicted octanol–water partition coefficient (Wildman–Crippen LogP) is 1.31. The maximum atomic E-state index is 12.9. The van der Waals surface area contributed by atoms with Gasteiger partial charge in [0, 0.05) is 18.0 Å². The van der Waals surface area contributed by atoms with Crippen molar-refractivity contribution in [1.82, 2.24) is 25.2 Å². The molecule has 2 aromatic heterocycles. The average Bonchev–Trinajstić information content (AvgIpc) is 3.38. The number of fused-ring (bicyclic) bond motifs is 1. The van der Waals surface area contributed by atoms with Crippen LogP contribution in [0.3, 0.4) is 0 Å². The highest BCUT2D eigenvalue weighted by atomic mass is 16.5. The molecule has 0 amide bonds. The van der Waals surface area contributed by atoms with E-state index in [-0.39, 0.29) is 5.56 Å². The van der Waals surface area contributed by atoms with Crippen molar-refractivity contribution in [3.63, 3.8) is 0 Å². The standard InChI is InChI=1S/C22H30N6O2/c1-15-10-16(2)19-12-17(22(29)23-20(19)11-15)13-27(18-6-4-5-7-18)14-21-24-25-26-28(21)8-9-30-3/h10-12,18H,4-9,13-14H2,1-3H3,(H,23,29)/p+1. The lowest BCUT2D eigenvalue weighted by Crippen LogP contribution is -3.13. The number of ether oxygens (including phenoxy) is 1. The van der Waals surface area contributed by atoms with Gasteiger partial charge in [-0.15, -0.1) is 5.10 Å². The van der Waals surface area contributed by atoms with Crippen LogP contribution < -0.4 is 10.5 Å². The van der Waals surface area contributed by atoms with Gasteiger partial charge in [-0.25, -0.2) is 4.68 Å². The first kappa shape index (κ1) is 20.7. The lowest BCUT2D eigenvalue weighted by atomic mass is 10.0. The van der Waals surface area contributed by atoms with E-state index in [1.54, 1.807) is 7.11 Å². The third-order valence-corrected chi connectivity index (χ3v) is 6.24. The Kier molecular flexibility index (Phi) is 6.24. The number of aromatic amines is 1. The summed E-state index contributed by atoms with van der Waals surface area (Å²) in [5.41, 5.74) is 4.08. The van der Waals surface area contributed by atoms with E-state index in [0.29, 0.717) is 32.3 Å². The molecular weight excluding hydrogens is 380 g/mol. The Balaban J connectivity index is 1.63. The first-order valence-corrected chi connectivity index (χ1v) is 10.8. The van der Waals surface area contributed by atoms with E-state index in [2.05, 4.69) is 46.5 Å². The highest BCUT2D eigenvalue weighted by Crippen LogP contribution is 2.19. The molecule has 2 heterocycles. The summed E-state index contributed by atoms with van der Waals surface area (Å²) in [5.74, 6) is 0.845. The highest BCUT2D eigenvalue weighted by molar-refractivity contribution is 5.83. The number of H-pyrrole nitrogens is 1. The van der Waals surface area contributed by atoms with Gasteiger partial charge in [0.25, 0.3) is 5.56 Å². The smallest absolute Gasteiger partial charge is 0.257 e. The minimum Gasteiger partial charge on any atom is -0.383 e. The van der Waals surface area contributed by atoms with E-state index in [4.69, 9.17) is 4.74 Å². The molecule has 160 valence electrons. The second kappa shape index (κ2) is 9.06. The first-order valence-electron chi connectivity index (χ1n) is 10.8. The van der Waals surface area contributed by atoms with Gasteiger partial charge in [-0.2, -0.15) is 0 Å². The van der Waals surface area contributed by atoms with Crippen LogP contribution in [0.5, 0.6) is 0 Å². The molecule has 1 fully saturated rings. The zero-order valence-corrected chi connectivity index (χ0v) is 18.1. The number of quaternary nitrogens is 1. The fourth-order valence-corrected chi connectivity index (χ4v) is 4.68. The van der Waals surface area contributed by atoms with Crippen molar-refractivity contribution in [1.29, 1.82) is 0 Å². The molecule has 8 nitrogen and oxygen atoms in total. The third kappa shape index (κ3) is 4.44. The molecule has 0 saturated heterocycles. The van der Waals surface area contributed by atoms with Crippen LogP contribution in [-0.2, 0) is 24.4 Å². The Hall–Kier alpha value is -2.58. The van der Waals surface area contributed by atoms with Crippen molar-refractivity contribution < 1.29 is 9.64 Å². The highest BCUT2D eigenvalue weighted by Gasteiger charge is 2.29. The Bertz CT molecular complexity index is 1070. The minimum absolute atomic E-state index is 0.00183. The van der Waals surface area contributed by atoms with Crippen LogP contribution in [0.2, 0.25) is 0 Å². The lowest BCUT2D eigenvalue weighted by Gasteiger charge is -2.25. The molecular formula is C22H31N6O2+. The molecule has 1 aliphatic rings. The van der Waals surface area contributed by atoms with Crippen LogP contribution in [0.15, 0.2) is 23.0 Å². The maximum absolute atomic E-state index is 12.9. The summed E-state index contributed by atoms with van der Waals surface area (Å²) in [6, 6.07) is 6.80. The topological polar surface area (TPSA) is 90.1 Å². The van der Waals surface area contributed by atoms with Gasteiger partial charge in [-0.05, 0) is 73.2 Å². The van der Waals surface area contributed by atoms with E-state index in [0.717, 1.165) is 27.9 Å². The summed E-state index contributed by atoms with van der Waals surface area (Å²) in [7, 11) is 1.68. The van der Waals surface area contributed by atoms with Gasteiger partial charge in [-0.3, -0.25) is 4.79 Å². The normalized spacial score (nSPS) is 15.8. The molecule has 1 saturated carbocycles. The fraction of sp³-hybridized carbons (Fsp3) is 0.545. The Morgan fingerprint density at radius 2 is 2.00 bits per heavy atom. The molecule has 0 radical (unpaired) electrons. The number of tetrazole rings is 1. The number of benzene rings is 1. The lowest BCUT2D eigenvalue weighted by molar-refractivity contribution is -0.952. The Labute approximate surface area is 176 Å². The number of hydrogen-bond donors (Lipinski definition) is 2. The molecule has 1 unspecified atom stereocenters. The van der Waals surface area contributed by atoms with Crippen LogP contribution in [0, 0.1) is 13.8 Å². The van der Waals surface area contributed by atoms with Crippen LogP contribution >= 0.6 is 0 Å². The number of nitrogens with one attached hydrogen (secondary N) is 2. The predicted molar refractivity (Wildman–Crippen MR) is 114 cm³/mol. The quantitative estimate of drug-likeness (QED) is 0.583. The van der Waals surface area contributed by atoms with Crippen molar-refractivity contribution in [3.05, 3.63) is 51.1 Å². The van der Waals surface area contributed by atoms with Crippen LogP contribution in [0.1, 0.15) is 48.2 Å². The molecule has 8 heteroatoms. The minimum atomic E-state index is 0.00183. The van der Waals surface area contributed by atoms with Gasteiger partial charge in [0.1, 0.15) is 13.1 Å². The fourth-order valence-electron chi connectivity index (χ4n) is 4.68. The molecule has 4 rings (SSSR count). The summed E-state index contributed by atoms with van der Waals surface area (Å²) in [6.45, 7) is 6.72. The van der Waals surface area contributed by atoms with Gasteiger partial charge in [0.15, 0.2) is 0 Å². The van der Waals surface area contributed by atoms with E-state index >= 15 is 0 Å². The average molecular weight is 412 g/mol. The maximum Gasteiger partial charge on any atom is 0.257 e. The summed E-state index contributed by atoms with van der Waals surface area (Å²) >= 11 is 0. The summed E-state index contributed by atoms with van der Waals surface area (Å²) in [4.78, 5) is 17.3. The molecule has 2 N–H and O–H groups in total. The third-order valence-electron chi connectivity index (χ3n) is 6.24.